The van der Waals surface area contributed by atoms with Crippen LogP contribution in [0.1, 0.15) is 26.2 Å². The van der Waals surface area contributed by atoms with Crippen LogP contribution in [0.25, 0.3) is 0 Å². The van der Waals surface area contributed by atoms with Crippen LogP contribution in [0.4, 0.5) is 0 Å². The molecule has 16 heavy (non-hydrogen) atoms. The molecule has 1 unspecified atom stereocenters. The number of unbranched alkanes of at least 4 members (excludes halogenated alkanes) is 1. The molecule has 0 bridgehead atoms. The SMILES string of the molecule is C=CN(/C=C(/N)C=NC)C(CS)CCCC. The number of nitrogens with two attached hydrogens (primary N) is 1. The minimum atomic E-state index is 0.351. The summed E-state index contributed by atoms with van der Waals surface area (Å²) in [6.07, 6.45) is 8.74. The number of rotatable bonds is 8. The van der Waals surface area contributed by atoms with E-state index < -0.39 is 0 Å². The van der Waals surface area contributed by atoms with Crippen molar-refractivity contribution in [2.45, 2.75) is 32.2 Å². The molecule has 0 aromatic heterocycles. The highest BCUT2D eigenvalue weighted by Crippen LogP contribution is 2.12. The first-order chi connectivity index (χ1) is 7.69. The number of aliphatic imine (C=N–C) groups is 1. The van der Waals surface area contributed by atoms with Gasteiger partial charge in [0.15, 0.2) is 0 Å². The first kappa shape index (κ1) is 15.1. The van der Waals surface area contributed by atoms with Crippen molar-refractivity contribution < 1.29 is 0 Å². The molecular weight excluding hydrogens is 218 g/mol. The van der Waals surface area contributed by atoms with Gasteiger partial charge in [0.25, 0.3) is 0 Å². The van der Waals surface area contributed by atoms with Gasteiger partial charge in [-0.05, 0) is 12.6 Å². The van der Waals surface area contributed by atoms with Crippen LogP contribution in [0.3, 0.4) is 0 Å². The average molecular weight is 241 g/mol. The molecule has 0 saturated heterocycles. The molecule has 0 aliphatic carbocycles. The first-order valence-corrected chi connectivity index (χ1v) is 6.23. The number of hydrogen-bond acceptors (Lipinski definition) is 4. The summed E-state index contributed by atoms with van der Waals surface area (Å²) < 4.78 is 0. The van der Waals surface area contributed by atoms with Gasteiger partial charge in [0.1, 0.15) is 0 Å². The lowest BCUT2D eigenvalue weighted by atomic mass is 10.1. The molecule has 0 aliphatic heterocycles. The van der Waals surface area contributed by atoms with Crippen molar-refractivity contribution in [1.82, 2.24) is 4.90 Å². The van der Waals surface area contributed by atoms with Crippen molar-refractivity contribution in [3.8, 4) is 0 Å². The van der Waals surface area contributed by atoms with E-state index in [9.17, 15) is 0 Å². The Hall–Kier alpha value is -0.900. The quantitative estimate of drug-likeness (QED) is 0.506. The maximum Gasteiger partial charge on any atom is 0.0660 e. The van der Waals surface area contributed by atoms with E-state index in [0.717, 1.165) is 12.2 Å². The standard InChI is InChI=1S/C12H23N3S/c1-4-6-7-12(10-16)15(5-2)9-11(13)8-14-3/h5,8-9,12,16H,2,4,6-7,10,13H2,1,3H3/b11-9+,14-8?. The van der Waals surface area contributed by atoms with E-state index >= 15 is 0 Å². The third-order valence-corrected chi connectivity index (χ3v) is 2.73. The van der Waals surface area contributed by atoms with Crippen LogP contribution in [0.2, 0.25) is 0 Å². The fourth-order valence-corrected chi connectivity index (χ4v) is 1.81. The Morgan fingerprint density at radius 2 is 2.31 bits per heavy atom. The normalized spacial score (nSPS) is 14.1. The van der Waals surface area contributed by atoms with Crippen LogP contribution < -0.4 is 5.73 Å². The van der Waals surface area contributed by atoms with Crippen LogP contribution in [0, 0.1) is 0 Å². The van der Waals surface area contributed by atoms with E-state index in [0.29, 0.717) is 11.7 Å². The van der Waals surface area contributed by atoms with E-state index in [1.54, 1.807) is 19.5 Å². The summed E-state index contributed by atoms with van der Waals surface area (Å²) >= 11 is 4.36. The molecule has 0 radical (unpaired) electrons. The predicted octanol–water partition coefficient (Wildman–Crippen LogP) is 2.42. The largest absolute Gasteiger partial charge is 0.396 e. The summed E-state index contributed by atoms with van der Waals surface area (Å²) in [7, 11) is 1.70. The molecule has 0 amide bonds. The monoisotopic (exact) mass is 241 g/mol. The Bertz CT molecular complexity index is 249. The molecule has 0 heterocycles. The number of allylic oxidation sites excluding steroid dienone is 1. The molecule has 0 aliphatic rings. The molecular formula is C12H23N3S. The average Bonchev–Trinajstić information content (AvgIpc) is 2.28. The van der Waals surface area contributed by atoms with Crippen LogP contribution in [0.15, 0.2) is 29.7 Å². The highest BCUT2D eigenvalue weighted by atomic mass is 32.1. The van der Waals surface area contributed by atoms with Crippen LogP contribution in [-0.4, -0.2) is 30.0 Å². The molecule has 2 N–H and O–H groups in total. The molecule has 0 rings (SSSR count). The predicted molar refractivity (Wildman–Crippen MR) is 75.9 cm³/mol. The Morgan fingerprint density at radius 3 is 2.75 bits per heavy atom. The van der Waals surface area contributed by atoms with E-state index in [1.807, 2.05) is 11.1 Å². The fraction of sp³-hybridized carbons (Fsp3) is 0.583. The molecule has 4 heteroatoms. The molecule has 1 atom stereocenters. The van der Waals surface area contributed by atoms with Crippen LogP contribution in [0.5, 0.6) is 0 Å². The second-order valence-electron chi connectivity index (χ2n) is 3.62. The van der Waals surface area contributed by atoms with Gasteiger partial charge in [0, 0.05) is 31.3 Å². The zero-order valence-electron chi connectivity index (χ0n) is 10.3. The van der Waals surface area contributed by atoms with Gasteiger partial charge in [-0.1, -0.05) is 26.3 Å². The third-order valence-electron chi connectivity index (χ3n) is 2.31. The minimum absolute atomic E-state index is 0.351. The smallest absolute Gasteiger partial charge is 0.0660 e. The molecule has 3 nitrogen and oxygen atoms in total. The van der Waals surface area contributed by atoms with Crippen molar-refractivity contribution in [2.24, 2.45) is 10.7 Å². The summed E-state index contributed by atoms with van der Waals surface area (Å²) in [5.41, 5.74) is 6.41. The van der Waals surface area contributed by atoms with Crippen molar-refractivity contribution in [1.29, 1.82) is 0 Å². The molecule has 0 aromatic rings. The Kier molecular flexibility index (Phi) is 8.81. The molecule has 0 saturated carbocycles. The van der Waals surface area contributed by atoms with E-state index in [4.69, 9.17) is 5.73 Å². The van der Waals surface area contributed by atoms with E-state index in [2.05, 4.69) is 31.1 Å². The molecule has 0 aromatic carbocycles. The number of nitrogens with zero attached hydrogens (tertiary/aromatic N) is 2. The second kappa shape index (κ2) is 9.33. The zero-order chi connectivity index (χ0) is 12.4. The van der Waals surface area contributed by atoms with E-state index in [-0.39, 0.29) is 0 Å². The lowest BCUT2D eigenvalue weighted by Gasteiger charge is -2.26. The van der Waals surface area contributed by atoms with Crippen molar-refractivity contribution >= 4 is 18.8 Å². The van der Waals surface area contributed by atoms with Gasteiger partial charge in [-0.3, -0.25) is 4.99 Å². The van der Waals surface area contributed by atoms with E-state index in [1.165, 1.54) is 12.8 Å². The molecule has 0 spiro atoms. The highest BCUT2D eigenvalue weighted by Gasteiger charge is 2.10. The molecule has 0 fully saturated rings. The Labute approximate surface area is 105 Å². The Morgan fingerprint density at radius 1 is 1.62 bits per heavy atom. The fourth-order valence-electron chi connectivity index (χ4n) is 1.44. The Balaban J connectivity index is 4.54. The van der Waals surface area contributed by atoms with Gasteiger partial charge in [-0.2, -0.15) is 12.6 Å². The van der Waals surface area contributed by atoms with Gasteiger partial charge in [-0.15, -0.1) is 0 Å². The van der Waals surface area contributed by atoms with Crippen LogP contribution >= 0.6 is 12.6 Å². The van der Waals surface area contributed by atoms with Gasteiger partial charge in [0.2, 0.25) is 0 Å². The number of thiol groups is 1. The summed E-state index contributed by atoms with van der Waals surface area (Å²) in [6, 6.07) is 0.351. The second-order valence-corrected chi connectivity index (χ2v) is 3.99. The van der Waals surface area contributed by atoms with Crippen LogP contribution in [-0.2, 0) is 0 Å². The highest BCUT2D eigenvalue weighted by molar-refractivity contribution is 7.80. The molecule has 92 valence electrons. The number of hydrogen-bond donors (Lipinski definition) is 2. The zero-order valence-corrected chi connectivity index (χ0v) is 11.2. The van der Waals surface area contributed by atoms with Crippen molar-refractivity contribution in [3.05, 3.63) is 24.7 Å². The van der Waals surface area contributed by atoms with Gasteiger partial charge < -0.3 is 10.6 Å². The van der Waals surface area contributed by atoms with Crippen molar-refractivity contribution in [3.63, 3.8) is 0 Å². The first-order valence-electron chi connectivity index (χ1n) is 5.59. The lowest BCUT2D eigenvalue weighted by Crippen LogP contribution is -2.29. The summed E-state index contributed by atoms with van der Waals surface area (Å²) in [6.45, 7) is 5.98. The maximum absolute atomic E-state index is 5.78. The summed E-state index contributed by atoms with van der Waals surface area (Å²) in [4.78, 5) is 5.89. The van der Waals surface area contributed by atoms with Gasteiger partial charge >= 0.3 is 0 Å². The van der Waals surface area contributed by atoms with Gasteiger partial charge in [0.05, 0.1) is 5.70 Å². The summed E-state index contributed by atoms with van der Waals surface area (Å²) in [5, 5.41) is 0. The maximum atomic E-state index is 5.78. The lowest BCUT2D eigenvalue weighted by molar-refractivity contribution is 0.366. The van der Waals surface area contributed by atoms with Crippen molar-refractivity contribution in [2.75, 3.05) is 12.8 Å². The minimum Gasteiger partial charge on any atom is -0.396 e. The summed E-state index contributed by atoms with van der Waals surface area (Å²) in [5.74, 6) is 0.791. The van der Waals surface area contributed by atoms with Gasteiger partial charge in [-0.25, -0.2) is 0 Å². The topological polar surface area (TPSA) is 41.6 Å². The third kappa shape index (κ3) is 5.85.